The second-order valence-electron chi connectivity index (χ2n) is 5.08. The first-order valence-electron chi connectivity index (χ1n) is 6.92. The van der Waals surface area contributed by atoms with Gasteiger partial charge in [-0.25, -0.2) is 4.39 Å². The Balaban J connectivity index is 0.00000242. The molecule has 0 spiro atoms. The molecule has 1 aliphatic heterocycles. The molecule has 2 unspecified atom stereocenters. The topological polar surface area (TPSA) is 61.9 Å². The Hall–Kier alpha value is -0.330. The Bertz CT molecular complexity index is 479. The molecule has 0 saturated carbocycles. The quantitative estimate of drug-likeness (QED) is 0.334. The minimum Gasteiger partial charge on any atom is -0.547 e. The third kappa shape index (κ3) is 5.39. The van der Waals surface area contributed by atoms with Crippen molar-refractivity contribution in [3.63, 3.8) is 0 Å². The van der Waals surface area contributed by atoms with Crippen LogP contribution in [0.2, 0.25) is 5.02 Å². The summed E-state index contributed by atoms with van der Waals surface area (Å²) in [6.45, 7) is 0.441. The van der Waals surface area contributed by atoms with Crippen molar-refractivity contribution >= 4 is 17.6 Å². The molecule has 1 aliphatic rings. The van der Waals surface area contributed by atoms with E-state index in [1.165, 1.54) is 0 Å². The number of carbonyl (C=O) groups is 1. The summed E-state index contributed by atoms with van der Waals surface area (Å²) in [5, 5.41) is 11.4. The Morgan fingerprint density at radius 2 is 2.00 bits per heavy atom. The zero-order valence-corrected chi connectivity index (χ0v) is 15.3. The molecule has 0 aromatic heterocycles. The van der Waals surface area contributed by atoms with Crippen molar-refractivity contribution in [3.05, 3.63) is 29.3 Å². The van der Waals surface area contributed by atoms with E-state index >= 15 is 0 Å². The molecule has 7 heteroatoms. The van der Waals surface area contributed by atoms with Gasteiger partial charge < -0.3 is 19.4 Å². The number of unbranched alkanes of at least 4 members (excludes halogenated alkanes) is 2. The maximum Gasteiger partial charge on any atom is 1.00 e. The Morgan fingerprint density at radius 3 is 2.55 bits per heavy atom. The van der Waals surface area contributed by atoms with Crippen molar-refractivity contribution in [1.29, 1.82) is 0 Å². The van der Waals surface area contributed by atoms with E-state index in [1.807, 2.05) is 0 Å². The van der Waals surface area contributed by atoms with Gasteiger partial charge in [0.1, 0.15) is 11.9 Å². The van der Waals surface area contributed by atoms with Crippen LogP contribution in [0.1, 0.15) is 25.7 Å². The second kappa shape index (κ2) is 9.08. The second-order valence-corrected chi connectivity index (χ2v) is 5.52. The summed E-state index contributed by atoms with van der Waals surface area (Å²) in [6, 6.07) is 7.07. The van der Waals surface area contributed by atoms with Crippen LogP contribution in [0.3, 0.4) is 0 Å². The Labute approximate surface area is 156 Å². The smallest absolute Gasteiger partial charge is 0.547 e. The van der Waals surface area contributed by atoms with Gasteiger partial charge in [-0.15, -0.1) is 0 Å². The minimum atomic E-state index is -1.68. The minimum absolute atomic E-state index is 0. The van der Waals surface area contributed by atoms with E-state index in [9.17, 15) is 14.3 Å². The van der Waals surface area contributed by atoms with Gasteiger partial charge in [0, 0.05) is 5.02 Å². The zero-order valence-electron chi connectivity index (χ0n) is 12.5. The largest absolute Gasteiger partial charge is 1.00 e. The fraction of sp³-hybridized carbons (Fsp3) is 0.533. The normalized spacial score (nSPS) is 20.8. The van der Waals surface area contributed by atoms with Gasteiger partial charge in [0.05, 0.1) is 19.2 Å². The summed E-state index contributed by atoms with van der Waals surface area (Å²) in [5.41, 5.74) is -1.68. The fourth-order valence-electron chi connectivity index (χ4n) is 2.06. The van der Waals surface area contributed by atoms with Crippen LogP contribution >= 0.6 is 11.6 Å². The SMILES string of the molecule is O=C([O-])C1(C(F)CCCCCOc2ccc(Cl)cc2)CO1.[Na+]. The van der Waals surface area contributed by atoms with Gasteiger partial charge in [-0.3, -0.25) is 0 Å². The molecule has 116 valence electrons. The average Bonchev–Trinajstić information content (AvgIpc) is 3.26. The maximum atomic E-state index is 13.7. The number of carboxylic acid groups (broad SMARTS) is 1. The maximum absolute atomic E-state index is 13.7. The number of benzene rings is 1. The summed E-state index contributed by atoms with van der Waals surface area (Å²) in [5.74, 6) is -0.717. The number of aliphatic carboxylic acids is 1. The van der Waals surface area contributed by atoms with Crippen LogP contribution in [0.15, 0.2) is 24.3 Å². The first-order valence-corrected chi connectivity index (χ1v) is 7.30. The number of halogens is 2. The van der Waals surface area contributed by atoms with Gasteiger partial charge in [0.15, 0.2) is 5.60 Å². The monoisotopic (exact) mass is 338 g/mol. The predicted molar refractivity (Wildman–Crippen MR) is 74.0 cm³/mol. The third-order valence-electron chi connectivity index (χ3n) is 3.49. The van der Waals surface area contributed by atoms with E-state index in [4.69, 9.17) is 21.1 Å². The van der Waals surface area contributed by atoms with Crippen molar-refractivity contribution in [2.75, 3.05) is 13.2 Å². The zero-order chi connectivity index (χ0) is 15.3. The molecule has 1 aromatic rings. The summed E-state index contributed by atoms with van der Waals surface area (Å²) >= 11 is 5.76. The molecular weight excluding hydrogens is 322 g/mol. The molecule has 1 aromatic carbocycles. The van der Waals surface area contributed by atoms with Gasteiger partial charge in [0.2, 0.25) is 0 Å². The number of carboxylic acids is 1. The number of rotatable bonds is 9. The van der Waals surface area contributed by atoms with Crippen molar-refractivity contribution in [2.24, 2.45) is 0 Å². The number of hydrogen-bond acceptors (Lipinski definition) is 4. The van der Waals surface area contributed by atoms with E-state index < -0.39 is 17.7 Å². The van der Waals surface area contributed by atoms with Crippen molar-refractivity contribution in [2.45, 2.75) is 37.5 Å². The first-order chi connectivity index (χ1) is 10.0. The number of carbonyl (C=O) groups excluding carboxylic acids is 1. The molecule has 0 aliphatic carbocycles. The Kier molecular flexibility index (Phi) is 8.14. The van der Waals surface area contributed by atoms with E-state index in [-0.39, 0.29) is 42.6 Å². The first kappa shape index (κ1) is 19.7. The molecule has 0 amide bonds. The van der Waals surface area contributed by atoms with Crippen LogP contribution in [-0.2, 0) is 9.53 Å². The van der Waals surface area contributed by atoms with Crippen molar-refractivity contribution in [3.8, 4) is 5.75 Å². The molecule has 2 atom stereocenters. The van der Waals surface area contributed by atoms with Crippen LogP contribution in [0, 0.1) is 0 Å². The summed E-state index contributed by atoms with van der Waals surface area (Å²) in [6.07, 6.45) is 0.782. The summed E-state index contributed by atoms with van der Waals surface area (Å²) in [4.78, 5) is 10.7. The number of epoxide rings is 1. The standard InChI is InChI=1S/C15H18ClFO4.Na/c16-11-5-7-12(8-6-11)20-9-3-1-2-4-13(17)15(10-21-15)14(18)19;/h5-8,13H,1-4,9-10H2,(H,18,19);/q;+1/p-1. The van der Waals surface area contributed by atoms with Crippen molar-refractivity contribution < 1.29 is 53.3 Å². The fourth-order valence-corrected chi connectivity index (χ4v) is 2.19. The Morgan fingerprint density at radius 1 is 1.36 bits per heavy atom. The number of alkyl halides is 1. The molecule has 4 nitrogen and oxygen atoms in total. The molecule has 1 fully saturated rings. The molecule has 2 rings (SSSR count). The van der Waals surface area contributed by atoms with Crippen LogP contribution in [0.25, 0.3) is 0 Å². The summed E-state index contributed by atoms with van der Waals surface area (Å²) < 4.78 is 23.9. The third-order valence-corrected chi connectivity index (χ3v) is 3.74. The van der Waals surface area contributed by atoms with Gasteiger partial charge in [-0.1, -0.05) is 18.0 Å². The molecule has 1 saturated heterocycles. The van der Waals surface area contributed by atoms with Gasteiger partial charge in [0.25, 0.3) is 0 Å². The van der Waals surface area contributed by atoms with Gasteiger partial charge in [-0.2, -0.15) is 0 Å². The molecule has 0 radical (unpaired) electrons. The molecule has 0 N–H and O–H groups in total. The van der Waals surface area contributed by atoms with Gasteiger partial charge >= 0.3 is 29.6 Å². The molecule has 0 bridgehead atoms. The van der Waals surface area contributed by atoms with Crippen LogP contribution < -0.4 is 39.4 Å². The number of ether oxygens (including phenoxy) is 2. The van der Waals surface area contributed by atoms with Crippen LogP contribution in [-0.4, -0.2) is 31.0 Å². The van der Waals surface area contributed by atoms with Crippen molar-refractivity contribution in [1.82, 2.24) is 0 Å². The van der Waals surface area contributed by atoms with E-state index in [0.29, 0.717) is 18.1 Å². The summed E-state index contributed by atoms with van der Waals surface area (Å²) in [7, 11) is 0. The van der Waals surface area contributed by atoms with Crippen LogP contribution in [0.4, 0.5) is 4.39 Å². The van der Waals surface area contributed by atoms with Gasteiger partial charge in [-0.05, 0) is 43.5 Å². The predicted octanol–water partition coefficient (Wildman–Crippen LogP) is -0.860. The van der Waals surface area contributed by atoms with E-state index in [1.54, 1.807) is 24.3 Å². The molecule has 22 heavy (non-hydrogen) atoms. The molecule has 1 heterocycles. The van der Waals surface area contributed by atoms with E-state index in [2.05, 4.69) is 0 Å². The number of hydrogen-bond donors (Lipinski definition) is 0. The van der Waals surface area contributed by atoms with Crippen LogP contribution in [0.5, 0.6) is 5.75 Å². The molecular formula is C15H17ClFNaO4. The average molecular weight is 339 g/mol. The van der Waals surface area contributed by atoms with E-state index in [0.717, 1.165) is 18.6 Å².